The first-order valence-electron chi connectivity index (χ1n) is 6.68. The first-order valence-corrected chi connectivity index (χ1v) is 6.68. The van der Waals surface area contributed by atoms with Gasteiger partial charge in [0.15, 0.2) is 6.10 Å². The van der Waals surface area contributed by atoms with E-state index in [0.29, 0.717) is 0 Å². The molecule has 0 aromatic heterocycles. The summed E-state index contributed by atoms with van der Waals surface area (Å²) in [4.78, 5) is 0. The summed E-state index contributed by atoms with van der Waals surface area (Å²) >= 11 is 0. The van der Waals surface area contributed by atoms with E-state index in [-0.39, 0.29) is 6.10 Å². The Kier molecular flexibility index (Phi) is 6.44. The van der Waals surface area contributed by atoms with Gasteiger partial charge in [0, 0.05) is 0 Å². The molecule has 2 rings (SSSR count). The minimum absolute atomic E-state index is 0.329. The fourth-order valence-electron chi connectivity index (χ4n) is 1.66. The molecule has 0 amide bonds. The molecule has 0 saturated heterocycles. The van der Waals surface area contributed by atoms with E-state index in [0.717, 1.165) is 5.75 Å². The Bertz CT molecular complexity index is 552. The predicted molar refractivity (Wildman–Crippen MR) is 77.0 cm³/mol. The highest BCUT2D eigenvalue weighted by molar-refractivity contribution is 5.27. The van der Waals surface area contributed by atoms with Gasteiger partial charge in [0.1, 0.15) is 17.8 Å². The molecular formula is C15H16F6N2O. The van der Waals surface area contributed by atoms with Gasteiger partial charge < -0.3 is 16.2 Å². The lowest BCUT2D eigenvalue weighted by Gasteiger charge is -2.31. The number of allylic oxidation sites excluding steroid dienone is 2. The molecule has 0 spiro atoms. The molecule has 4 N–H and O–H groups in total. The third kappa shape index (κ3) is 8.02. The third-order valence-corrected chi connectivity index (χ3v) is 2.68. The highest BCUT2D eigenvalue weighted by Gasteiger charge is 2.43. The van der Waals surface area contributed by atoms with Crippen molar-refractivity contribution in [3.63, 3.8) is 0 Å². The zero-order chi connectivity index (χ0) is 18.4. The quantitative estimate of drug-likeness (QED) is 0.629. The monoisotopic (exact) mass is 354 g/mol. The van der Waals surface area contributed by atoms with Gasteiger partial charge in [-0.25, -0.2) is 0 Å². The largest absolute Gasteiger partial charge is 0.483 e. The summed E-state index contributed by atoms with van der Waals surface area (Å²) in [7, 11) is 0. The van der Waals surface area contributed by atoms with Crippen molar-refractivity contribution >= 4 is 0 Å². The van der Waals surface area contributed by atoms with E-state index in [2.05, 4.69) is 0 Å². The van der Waals surface area contributed by atoms with Crippen LogP contribution in [0.15, 0.2) is 54.6 Å². The van der Waals surface area contributed by atoms with E-state index in [1.165, 1.54) is 0 Å². The van der Waals surface area contributed by atoms with Crippen LogP contribution in [-0.2, 0) is 0 Å². The smallest absolute Gasteiger partial charge is 0.397 e. The number of nitrogens with two attached hydrogens (primary N) is 2. The number of rotatable bonds is 2. The number of benzene rings is 1. The van der Waals surface area contributed by atoms with Gasteiger partial charge in [-0.1, -0.05) is 30.4 Å². The molecule has 0 saturated carbocycles. The predicted octanol–water partition coefficient (Wildman–Crippen LogP) is 3.67. The van der Waals surface area contributed by atoms with Crippen molar-refractivity contribution in [3.8, 4) is 5.75 Å². The first kappa shape index (κ1) is 20.0. The van der Waals surface area contributed by atoms with E-state index < -0.39 is 24.4 Å². The molecule has 1 unspecified atom stereocenters. The molecule has 1 atom stereocenters. The van der Waals surface area contributed by atoms with Gasteiger partial charge in [-0.2, -0.15) is 26.3 Å². The van der Waals surface area contributed by atoms with Crippen LogP contribution < -0.4 is 16.2 Å². The second kappa shape index (κ2) is 7.71. The lowest BCUT2D eigenvalue weighted by Crippen LogP contribution is -2.59. The highest BCUT2D eigenvalue weighted by atomic mass is 19.4. The fraction of sp³-hybridized carbons (Fsp3) is 0.333. The van der Waals surface area contributed by atoms with Gasteiger partial charge >= 0.3 is 12.4 Å². The molecule has 24 heavy (non-hydrogen) atoms. The molecule has 1 aromatic rings. The van der Waals surface area contributed by atoms with Crippen LogP contribution in [0.3, 0.4) is 0 Å². The zero-order valence-electron chi connectivity index (χ0n) is 12.3. The van der Waals surface area contributed by atoms with Gasteiger partial charge in [-0.05, 0) is 24.3 Å². The minimum Gasteiger partial charge on any atom is -0.483 e. The topological polar surface area (TPSA) is 61.3 Å². The Morgan fingerprint density at radius 2 is 1.46 bits per heavy atom. The van der Waals surface area contributed by atoms with Crippen molar-refractivity contribution < 1.29 is 31.1 Å². The molecule has 134 valence electrons. The Morgan fingerprint density at radius 3 is 1.88 bits per heavy atom. The standard InChI is InChI=1S/C12H14N2O.C3H2F6/c13-12(14)9-5-4-8-11(12)15-10-6-2-1-3-7-10;4-2(5,6)1-3(7,8)9/h1-9,11H,13-14H2;1H2. The van der Waals surface area contributed by atoms with Crippen molar-refractivity contribution in [2.45, 2.75) is 30.5 Å². The summed E-state index contributed by atoms with van der Waals surface area (Å²) in [6.45, 7) is 0. The van der Waals surface area contributed by atoms with E-state index in [1.807, 2.05) is 48.6 Å². The van der Waals surface area contributed by atoms with Crippen molar-refractivity contribution in [2.75, 3.05) is 0 Å². The molecule has 3 nitrogen and oxygen atoms in total. The average molecular weight is 354 g/mol. The maximum atomic E-state index is 10.8. The molecular weight excluding hydrogens is 338 g/mol. The van der Waals surface area contributed by atoms with Crippen molar-refractivity contribution in [1.82, 2.24) is 0 Å². The number of para-hydroxylation sites is 1. The van der Waals surface area contributed by atoms with Crippen LogP contribution in [0.1, 0.15) is 6.42 Å². The fourth-order valence-corrected chi connectivity index (χ4v) is 1.66. The second-order valence-corrected chi connectivity index (χ2v) is 5.00. The number of ether oxygens (including phenoxy) is 1. The van der Waals surface area contributed by atoms with Gasteiger partial charge in [0.2, 0.25) is 0 Å². The van der Waals surface area contributed by atoms with Crippen molar-refractivity contribution in [3.05, 3.63) is 54.6 Å². The molecule has 0 radical (unpaired) electrons. The Morgan fingerprint density at radius 1 is 0.917 bits per heavy atom. The minimum atomic E-state index is -5.14. The van der Waals surface area contributed by atoms with Crippen LogP contribution in [0.5, 0.6) is 5.75 Å². The Labute approximate surface area is 134 Å². The van der Waals surface area contributed by atoms with Gasteiger partial charge in [-0.3, -0.25) is 0 Å². The Balaban J connectivity index is 0.000000277. The van der Waals surface area contributed by atoms with Crippen LogP contribution in [-0.4, -0.2) is 24.1 Å². The van der Waals surface area contributed by atoms with Crippen LogP contribution in [0.2, 0.25) is 0 Å². The van der Waals surface area contributed by atoms with Crippen LogP contribution in [0.4, 0.5) is 26.3 Å². The SMILES string of the molecule is FC(F)(F)CC(F)(F)F.NC1(N)C=CC=CC1Oc1ccccc1. The Hall–Kier alpha value is -2.00. The molecule has 1 aliphatic carbocycles. The van der Waals surface area contributed by atoms with Crippen LogP contribution >= 0.6 is 0 Å². The number of halogens is 6. The summed E-state index contributed by atoms with van der Waals surface area (Å²) in [6.07, 6.45) is -6.02. The maximum Gasteiger partial charge on any atom is 0.397 e. The first-order chi connectivity index (χ1) is 10.9. The second-order valence-electron chi connectivity index (χ2n) is 5.00. The van der Waals surface area contributed by atoms with Crippen LogP contribution in [0, 0.1) is 0 Å². The van der Waals surface area contributed by atoms with E-state index >= 15 is 0 Å². The molecule has 1 aromatic carbocycles. The van der Waals surface area contributed by atoms with Gasteiger partial charge in [0.25, 0.3) is 0 Å². The molecule has 0 bridgehead atoms. The maximum absolute atomic E-state index is 10.8. The lowest BCUT2D eigenvalue weighted by atomic mass is 10.00. The van der Waals surface area contributed by atoms with E-state index in [4.69, 9.17) is 16.2 Å². The van der Waals surface area contributed by atoms with Crippen LogP contribution in [0.25, 0.3) is 0 Å². The van der Waals surface area contributed by atoms with E-state index in [9.17, 15) is 26.3 Å². The molecule has 9 heteroatoms. The zero-order valence-corrected chi connectivity index (χ0v) is 12.3. The number of alkyl halides is 6. The van der Waals surface area contributed by atoms with Crippen molar-refractivity contribution in [1.29, 1.82) is 0 Å². The number of hydrogen-bond acceptors (Lipinski definition) is 3. The molecule has 0 fully saturated rings. The normalized spacial score (nSPS) is 19.4. The highest BCUT2D eigenvalue weighted by Crippen LogP contribution is 2.31. The molecule has 1 aliphatic rings. The summed E-state index contributed by atoms with van der Waals surface area (Å²) in [5, 5.41) is 0. The number of hydrogen-bond donors (Lipinski definition) is 2. The summed E-state index contributed by atoms with van der Waals surface area (Å²) in [5.41, 5.74) is 10.8. The van der Waals surface area contributed by atoms with Gasteiger partial charge in [0.05, 0.1) is 0 Å². The average Bonchev–Trinajstić information content (AvgIpc) is 2.39. The summed E-state index contributed by atoms with van der Waals surface area (Å²) < 4.78 is 70.7. The lowest BCUT2D eigenvalue weighted by molar-refractivity contribution is -0.232. The summed E-state index contributed by atoms with van der Waals surface area (Å²) in [5.74, 6) is 0.766. The molecule has 0 aliphatic heterocycles. The molecule has 0 heterocycles. The van der Waals surface area contributed by atoms with Crippen molar-refractivity contribution in [2.24, 2.45) is 11.5 Å². The summed E-state index contributed by atoms with van der Waals surface area (Å²) in [6, 6.07) is 9.50. The van der Waals surface area contributed by atoms with Gasteiger partial charge in [-0.15, -0.1) is 0 Å². The van der Waals surface area contributed by atoms with E-state index in [1.54, 1.807) is 6.08 Å². The third-order valence-electron chi connectivity index (χ3n) is 2.68.